The zero-order chi connectivity index (χ0) is 18.7. The predicted molar refractivity (Wildman–Crippen MR) is 93.3 cm³/mol. The average Bonchev–Trinajstić information content (AvgIpc) is 2.99. The van der Waals surface area contributed by atoms with E-state index in [1.807, 2.05) is 0 Å². The molecule has 1 aromatic rings. The van der Waals surface area contributed by atoms with Crippen LogP contribution in [0, 0.1) is 13.8 Å². The van der Waals surface area contributed by atoms with Crippen LogP contribution in [0.3, 0.4) is 0 Å². The van der Waals surface area contributed by atoms with Crippen molar-refractivity contribution in [3.63, 3.8) is 0 Å². The van der Waals surface area contributed by atoms with Crippen LogP contribution < -0.4 is 5.32 Å². The number of hydrogen-bond donors (Lipinski definition) is 1. The molecule has 10 heteroatoms. The second-order valence-electron chi connectivity index (χ2n) is 6.72. The van der Waals surface area contributed by atoms with E-state index in [1.165, 1.54) is 4.31 Å². The maximum Gasteiger partial charge on any atom is 0.317 e. The lowest BCUT2D eigenvalue weighted by Gasteiger charge is -2.34. The number of rotatable bonds is 4. The van der Waals surface area contributed by atoms with E-state index in [4.69, 9.17) is 9.26 Å². The van der Waals surface area contributed by atoms with Crippen molar-refractivity contribution in [2.75, 3.05) is 39.3 Å². The number of aryl methyl sites for hydroxylation is 2. The lowest BCUT2D eigenvalue weighted by Crippen LogP contribution is -2.54. The van der Waals surface area contributed by atoms with E-state index in [1.54, 1.807) is 18.7 Å². The molecule has 146 valence electrons. The summed E-state index contributed by atoms with van der Waals surface area (Å²) < 4.78 is 37.5. The lowest BCUT2D eigenvalue weighted by molar-refractivity contribution is 0.0175. The van der Waals surface area contributed by atoms with Gasteiger partial charge >= 0.3 is 6.03 Å². The first-order valence-corrected chi connectivity index (χ1v) is 10.4. The van der Waals surface area contributed by atoms with Crippen LogP contribution in [-0.4, -0.2) is 74.2 Å². The molecular formula is C16H26N4O5S. The Morgan fingerprint density at radius 1 is 1.23 bits per heavy atom. The highest BCUT2D eigenvalue weighted by Gasteiger charge is 2.34. The van der Waals surface area contributed by atoms with Crippen molar-refractivity contribution in [2.45, 2.75) is 44.1 Å². The van der Waals surface area contributed by atoms with E-state index < -0.39 is 10.0 Å². The van der Waals surface area contributed by atoms with Crippen molar-refractivity contribution in [3.05, 3.63) is 11.5 Å². The Kier molecular flexibility index (Phi) is 5.83. The van der Waals surface area contributed by atoms with Gasteiger partial charge in [-0.05, 0) is 33.1 Å². The Bertz CT molecular complexity index is 714. The van der Waals surface area contributed by atoms with Gasteiger partial charge in [-0.1, -0.05) is 5.16 Å². The van der Waals surface area contributed by atoms with Crippen LogP contribution in [0.4, 0.5) is 4.79 Å². The number of aromatic nitrogens is 1. The average molecular weight is 386 g/mol. The summed E-state index contributed by atoms with van der Waals surface area (Å²) in [5.41, 5.74) is 0.357. The second-order valence-corrected chi connectivity index (χ2v) is 8.59. The summed E-state index contributed by atoms with van der Waals surface area (Å²) in [6.45, 7) is 5.64. The number of nitrogens with zero attached hydrogens (tertiary/aromatic N) is 3. The van der Waals surface area contributed by atoms with Crippen LogP contribution in [0.25, 0.3) is 0 Å². The van der Waals surface area contributed by atoms with Gasteiger partial charge in [-0.15, -0.1) is 0 Å². The number of urea groups is 1. The van der Waals surface area contributed by atoms with E-state index in [-0.39, 0.29) is 35.9 Å². The maximum absolute atomic E-state index is 12.8. The number of hydrogen-bond acceptors (Lipinski definition) is 6. The quantitative estimate of drug-likeness (QED) is 0.823. The first-order chi connectivity index (χ1) is 12.4. The molecule has 9 nitrogen and oxygen atoms in total. The highest BCUT2D eigenvalue weighted by atomic mass is 32.2. The number of ether oxygens (including phenoxy) is 1. The SMILES string of the molecule is Cc1noc(C)c1S(=O)(=O)N1CCN(C(=O)NCC2CCCCO2)CC1. The molecular weight excluding hydrogens is 360 g/mol. The van der Waals surface area contributed by atoms with Crippen molar-refractivity contribution in [3.8, 4) is 0 Å². The van der Waals surface area contributed by atoms with Gasteiger partial charge in [0.05, 0.1) is 6.10 Å². The largest absolute Gasteiger partial charge is 0.376 e. The fraction of sp³-hybridized carbons (Fsp3) is 0.750. The number of carbonyl (C=O) groups is 1. The number of piperazine rings is 1. The van der Waals surface area contributed by atoms with Gasteiger partial charge in [0.2, 0.25) is 10.0 Å². The molecule has 0 bridgehead atoms. The van der Waals surface area contributed by atoms with Crippen LogP contribution in [0.15, 0.2) is 9.42 Å². The van der Waals surface area contributed by atoms with Crippen molar-refractivity contribution < 1.29 is 22.5 Å². The minimum absolute atomic E-state index is 0.0777. The summed E-state index contributed by atoms with van der Waals surface area (Å²) in [5.74, 6) is 0.287. The first kappa shape index (κ1) is 19.1. The summed E-state index contributed by atoms with van der Waals surface area (Å²) in [6.07, 6.45) is 3.24. The third-order valence-corrected chi connectivity index (χ3v) is 6.99. The van der Waals surface area contributed by atoms with Crippen LogP contribution in [-0.2, 0) is 14.8 Å². The third kappa shape index (κ3) is 4.02. The summed E-state index contributed by atoms with van der Waals surface area (Å²) in [7, 11) is -3.66. The fourth-order valence-electron chi connectivity index (χ4n) is 3.38. The third-order valence-electron chi connectivity index (χ3n) is 4.85. The summed E-state index contributed by atoms with van der Waals surface area (Å²) >= 11 is 0. The minimum Gasteiger partial charge on any atom is -0.376 e. The van der Waals surface area contributed by atoms with E-state index >= 15 is 0 Å². The molecule has 1 unspecified atom stereocenters. The van der Waals surface area contributed by atoms with Gasteiger partial charge in [-0.3, -0.25) is 0 Å². The Hall–Kier alpha value is -1.65. The zero-order valence-electron chi connectivity index (χ0n) is 15.2. The van der Waals surface area contributed by atoms with E-state index in [9.17, 15) is 13.2 Å². The molecule has 0 aliphatic carbocycles. The highest BCUT2D eigenvalue weighted by molar-refractivity contribution is 7.89. The normalized spacial score (nSPS) is 22.4. The Balaban J connectivity index is 1.53. The molecule has 3 rings (SSSR count). The standard InChI is InChI=1S/C16H26N4O5S/c1-12-15(13(2)25-18-12)26(22,23)20-8-6-19(7-9-20)16(21)17-11-14-5-3-4-10-24-14/h14H,3-11H2,1-2H3,(H,17,21). The molecule has 2 aliphatic rings. The van der Waals surface area contributed by atoms with Crippen LogP contribution in [0.2, 0.25) is 0 Å². The lowest BCUT2D eigenvalue weighted by atomic mass is 10.1. The molecule has 1 atom stereocenters. The molecule has 26 heavy (non-hydrogen) atoms. The van der Waals surface area contributed by atoms with Crippen molar-refractivity contribution in [1.29, 1.82) is 0 Å². The van der Waals surface area contributed by atoms with Crippen LogP contribution in [0.1, 0.15) is 30.7 Å². The van der Waals surface area contributed by atoms with Gasteiger partial charge in [0.1, 0.15) is 10.6 Å². The smallest absolute Gasteiger partial charge is 0.317 e. The molecule has 2 amide bonds. The summed E-state index contributed by atoms with van der Waals surface area (Å²) in [4.78, 5) is 14.1. The number of carbonyl (C=O) groups excluding carboxylic acids is 1. The number of amides is 2. The van der Waals surface area contributed by atoms with Crippen molar-refractivity contribution in [1.82, 2.24) is 19.7 Å². The van der Waals surface area contributed by atoms with Gasteiger partial charge in [0.15, 0.2) is 5.76 Å². The topological polar surface area (TPSA) is 105 Å². The molecule has 0 spiro atoms. The molecule has 2 aliphatic heterocycles. The summed E-state index contributed by atoms with van der Waals surface area (Å²) in [6, 6.07) is -0.173. The van der Waals surface area contributed by atoms with Gasteiger partial charge in [-0.25, -0.2) is 13.2 Å². The minimum atomic E-state index is -3.66. The monoisotopic (exact) mass is 386 g/mol. The van der Waals surface area contributed by atoms with Gasteiger partial charge in [0, 0.05) is 39.3 Å². The van der Waals surface area contributed by atoms with E-state index in [0.29, 0.717) is 25.3 Å². The number of sulfonamides is 1. The van der Waals surface area contributed by atoms with Crippen molar-refractivity contribution in [2.24, 2.45) is 0 Å². The second kappa shape index (κ2) is 7.93. The molecule has 0 radical (unpaired) electrons. The van der Waals surface area contributed by atoms with Crippen LogP contribution in [0.5, 0.6) is 0 Å². The molecule has 1 N–H and O–H groups in total. The molecule has 0 saturated carbocycles. The summed E-state index contributed by atoms with van der Waals surface area (Å²) in [5, 5.41) is 6.61. The van der Waals surface area contributed by atoms with Gasteiger partial charge in [-0.2, -0.15) is 4.31 Å². The molecule has 0 aromatic carbocycles. The van der Waals surface area contributed by atoms with Crippen LogP contribution >= 0.6 is 0 Å². The molecule has 2 saturated heterocycles. The number of nitrogens with one attached hydrogen (secondary N) is 1. The Morgan fingerprint density at radius 3 is 2.54 bits per heavy atom. The fourth-order valence-corrected chi connectivity index (χ4v) is 5.10. The zero-order valence-corrected chi connectivity index (χ0v) is 16.0. The predicted octanol–water partition coefficient (Wildman–Crippen LogP) is 0.876. The maximum atomic E-state index is 12.8. The van der Waals surface area contributed by atoms with E-state index in [2.05, 4.69) is 10.5 Å². The Morgan fingerprint density at radius 2 is 1.96 bits per heavy atom. The first-order valence-electron chi connectivity index (χ1n) is 8.97. The van der Waals surface area contributed by atoms with Gasteiger partial charge < -0.3 is 19.5 Å². The molecule has 2 fully saturated rings. The highest BCUT2D eigenvalue weighted by Crippen LogP contribution is 2.24. The molecule has 1 aromatic heterocycles. The van der Waals surface area contributed by atoms with E-state index in [0.717, 1.165) is 25.9 Å². The van der Waals surface area contributed by atoms with Gasteiger partial charge in [0.25, 0.3) is 0 Å². The Labute approximate surface area is 153 Å². The van der Waals surface area contributed by atoms with Crippen molar-refractivity contribution >= 4 is 16.1 Å². The molecule has 3 heterocycles.